The highest BCUT2D eigenvalue weighted by atomic mass is 16.1. The van der Waals surface area contributed by atoms with E-state index in [4.69, 9.17) is 5.73 Å². The fourth-order valence-corrected chi connectivity index (χ4v) is 2.99. The first kappa shape index (κ1) is 13.9. The van der Waals surface area contributed by atoms with Gasteiger partial charge in [0.2, 0.25) is 0 Å². The van der Waals surface area contributed by atoms with E-state index in [1.165, 1.54) is 25.7 Å². The number of nitrogen functional groups attached to an aromatic ring is 1. The monoisotopic (exact) mass is 260 g/mol. The van der Waals surface area contributed by atoms with Gasteiger partial charge in [-0.1, -0.05) is 19.8 Å². The Balaban J connectivity index is 2.28. The minimum absolute atomic E-state index is 0.0342. The molecule has 0 aliphatic carbocycles. The molecule has 3 heteroatoms. The third kappa shape index (κ3) is 3.09. The fourth-order valence-electron chi connectivity index (χ4n) is 2.99. The van der Waals surface area contributed by atoms with Crippen molar-refractivity contribution in [2.45, 2.75) is 52.0 Å². The first-order valence-electron chi connectivity index (χ1n) is 7.30. The molecule has 1 aromatic rings. The van der Waals surface area contributed by atoms with Gasteiger partial charge in [-0.15, -0.1) is 0 Å². The fraction of sp³-hybridized carbons (Fsp3) is 0.562. The molecular weight excluding hydrogens is 236 g/mol. The SMILES string of the molecule is CCC1CCCCCN1c1ccc(C(C)=O)c(N)c1. The van der Waals surface area contributed by atoms with Crippen LogP contribution in [0.25, 0.3) is 0 Å². The van der Waals surface area contributed by atoms with Gasteiger partial charge in [0, 0.05) is 29.5 Å². The van der Waals surface area contributed by atoms with E-state index in [1.807, 2.05) is 18.2 Å². The van der Waals surface area contributed by atoms with Crippen LogP contribution in [0.2, 0.25) is 0 Å². The van der Waals surface area contributed by atoms with Crippen LogP contribution in [0.15, 0.2) is 18.2 Å². The van der Waals surface area contributed by atoms with Crippen LogP contribution in [0.1, 0.15) is 56.3 Å². The predicted molar refractivity (Wildman–Crippen MR) is 80.8 cm³/mol. The zero-order valence-electron chi connectivity index (χ0n) is 12.0. The van der Waals surface area contributed by atoms with Crippen molar-refractivity contribution in [2.24, 2.45) is 0 Å². The van der Waals surface area contributed by atoms with E-state index in [0.717, 1.165) is 18.7 Å². The summed E-state index contributed by atoms with van der Waals surface area (Å²) >= 11 is 0. The van der Waals surface area contributed by atoms with Crippen molar-refractivity contribution < 1.29 is 4.79 Å². The van der Waals surface area contributed by atoms with Gasteiger partial charge in [-0.25, -0.2) is 0 Å². The highest BCUT2D eigenvalue weighted by molar-refractivity contribution is 5.99. The van der Waals surface area contributed by atoms with E-state index in [0.29, 0.717) is 17.3 Å². The van der Waals surface area contributed by atoms with Crippen LogP contribution < -0.4 is 10.6 Å². The van der Waals surface area contributed by atoms with Crippen molar-refractivity contribution in [2.75, 3.05) is 17.2 Å². The summed E-state index contributed by atoms with van der Waals surface area (Å²) in [7, 11) is 0. The molecule has 1 heterocycles. The number of carbonyl (C=O) groups is 1. The number of Topliss-reactive ketones (excluding diaryl/α,β-unsaturated/α-hetero) is 1. The molecule has 1 aliphatic rings. The lowest BCUT2D eigenvalue weighted by atomic mass is 10.0. The highest BCUT2D eigenvalue weighted by Crippen LogP contribution is 2.28. The van der Waals surface area contributed by atoms with Gasteiger partial charge < -0.3 is 10.6 Å². The summed E-state index contributed by atoms with van der Waals surface area (Å²) in [4.78, 5) is 13.9. The number of ketones is 1. The Bertz CT molecular complexity index is 456. The number of hydrogen-bond acceptors (Lipinski definition) is 3. The van der Waals surface area contributed by atoms with Crippen LogP contribution in [-0.2, 0) is 0 Å². The maximum absolute atomic E-state index is 11.4. The molecule has 1 fully saturated rings. The van der Waals surface area contributed by atoms with Gasteiger partial charge in [-0.2, -0.15) is 0 Å². The molecule has 0 amide bonds. The number of anilines is 2. The maximum atomic E-state index is 11.4. The molecule has 0 bridgehead atoms. The summed E-state index contributed by atoms with van der Waals surface area (Å²) in [6.07, 6.45) is 6.29. The molecule has 0 saturated carbocycles. The normalized spacial score (nSPS) is 20.1. The summed E-state index contributed by atoms with van der Waals surface area (Å²) < 4.78 is 0. The van der Waals surface area contributed by atoms with Crippen molar-refractivity contribution in [3.05, 3.63) is 23.8 Å². The number of nitrogens with zero attached hydrogens (tertiary/aromatic N) is 1. The summed E-state index contributed by atoms with van der Waals surface area (Å²) in [5.74, 6) is 0.0342. The van der Waals surface area contributed by atoms with Crippen molar-refractivity contribution in [1.29, 1.82) is 0 Å². The van der Waals surface area contributed by atoms with Gasteiger partial charge in [-0.05, 0) is 44.4 Å². The smallest absolute Gasteiger partial charge is 0.161 e. The Kier molecular flexibility index (Phi) is 4.46. The van der Waals surface area contributed by atoms with Crippen molar-refractivity contribution in [3.8, 4) is 0 Å². The van der Waals surface area contributed by atoms with Crippen molar-refractivity contribution >= 4 is 17.2 Å². The van der Waals surface area contributed by atoms with Crippen LogP contribution in [0.3, 0.4) is 0 Å². The number of rotatable bonds is 3. The number of carbonyl (C=O) groups excluding carboxylic acids is 1. The lowest BCUT2D eigenvalue weighted by molar-refractivity contribution is 0.101. The third-order valence-electron chi connectivity index (χ3n) is 4.09. The van der Waals surface area contributed by atoms with Crippen molar-refractivity contribution in [1.82, 2.24) is 0 Å². The number of nitrogens with two attached hydrogens (primary N) is 1. The summed E-state index contributed by atoms with van der Waals surface area (Å²) in [5, 5.41) is 0. The minimum Gasteiger partial charge on any atom is -0.398 e. The molecule has 2 rings (SSSR count). The second-order valence-corrected chi connectivity index (χ2v) is 5.43. The number of benzene rings is 1. The van der Waals surface area contributed by atoms with E-state index in [2.05, 4.69) is 11.8 Å². The Morgan fingerprint density at radius 3 is 2.79 bits per heavy atom. The Morgan fingerprint density at radius 2 is 2.16 bits per heavy atom. The molecule has 2 N–H and O–H groups in total. The molecule has 1 saturated heterocycles. The molecule has 0 radical (unpaired) electrons. The van der Waals surface area contributed by atoms with Gasteiger partial charge in [0.05, 0.1) is 0 Å². The molecule has 104 valence electrons. The Morgan fingerprint density at radius 1 is 1.37 bits per heavy atom. The molecule has 19 heavy (non-hydrogen) atoms. The second kappa shape index (κ2) is 6.09. The van der Waals surface area contributed by atoms with Gasteiger partial charge in [0.25, 0.3) is 0 Å². The maximum Gasteiger partial charge on any atom is 0.161 e. The first-order valence-corrected chi connectivity index (χ1v) is 7.30. The van der Waals surface area contributed by atoms with Gasteiger partial charge in [0.1, 0.15) is 0 Å². The van der Waals surface area contributed by atoms with E-state index in [1.54, 1.807) is 6.92 Å². The van der Waals surface area contributed by atoms with E-state index >= 15 is 0 Å². The molecule has 0 spiro atoms. The number of hydrogen-bond donors (Lipinski definition) is 1. The van der Waals surface area contributed by atoms with Crippen LogP contribution in [-0.4, -0.2) is 18.4 Å². The Labute approximate surface area is 115 Å². The molecule has 1 atom stereocenters. The standard InChI is InChI=1S/C16H24N2O/c1-3-13-7-5-4-6-10-18(13)14-8-9-15(12(2)19)16(17)11-14/h8-9,11,13H,3-7,10,17H2,1-2H3. The molecule has 1 aliphatic heterocycles. The average molecular weight is 260 g/mol. The first-order chi connectivity index (χ1) is 9.13. The summed E-state index contributed by atoms with van der Waals surface area (Å²) in [6.45, 7) is 4.90. The van der Waals surface area contributed by atoms with E-state index < -0.39 is 0 Å². The molecule has 3 nitrogen and oxygen atoms in total. The van der Waals surface area contributed by atoms with Crippen LogP contribution in [0.4, 0.5) is 11.4 Å². The van der Waals surface area contributed by atoms with Gasteiger partial charge in [0.15, 0.2) is 5.78 Å². The average Bonchev–Trinajstić information content (AvgIpc) is 2.63. The van der Waals surface area contributed by atoms with Crippen LogP contribution in [0, 0.1) is 0 Å². The van der Waals surface area contributed by atoms with Crippen LogP contribution in [0.5, 0.6) is 0 Å². The molecule has 0 aromatic heterocycles. The Hall–Kier alpha value is -1.51. The topological polar surface area (TPSA) is 46.3 Å². The predicted octanol–water partition coefficient (Wildman–Crippen LogP) is 3.63. The second-order valence-electron chi connectivity index (χ2n) is 5.43. The third-order valence-corrected chi connectivity index (χ3v) is 4.09. The van der Waals surface area contributed by atoms with Crippen molar-refractivity contribution in [3.63, 3.8) is 0 Å². The van der Waals surface area contributed by atoms with Crippen LogP contribution >= 0.6 is 0 Å². The molecule has 1 unspecified atom stereocenters. The molecule has 1 aromatic carbocycles. The van der Waals surface area contributed by atoms with Gasteiger partial charge >= 0.3 is 0 Å². The zero-order valence-corrected chi connectivity index (χ0v) is 12.0. The van der Waals surface area contributed by atoms with Gasteiger partial charge in [-0.3, -0.25) is 4.79 Å². The largest absolute Gasteiger partial charge is 0.398 e. The van der Waals surface area contributed by atoms with E-state index in [9.17, 15) is 4.79 Å². The van der Waals surface area contributed by atoms with E-state index in [-0.39, 0.29) is 5.78 Å². The summed E-state index contributed by atoms with van der Waals surface area (Å²) in [5.41, 5.74) is 8.40. The quantitative estimate of drug-likeness (QED) is 0.667. The minimum atomic E-state index is 0.0342. The lowest BCUT2D eigenvalue weighted by Gasteiger charge is -2.32. The summed E-state index contributed by atoms with van der Waals surface area (Å²) in [6, 6.07) is 6.47. The molecular formula is C16H24N2O. The zero-order chi connectivity index (χ0) is 13.8. The lowest BCUT2D eigenvalue weighted by Crippen LogP contribution is -2.34. The highest BCUT2D eigenvalue weighted by Gasteiger charge is 2.20.